The number of ether oxygens (including phenoxy) is 2. The van der Waals surface area contributed by atoms with E-state index in [1.807, 2.05) is 6.07 Å². The van der Waals surface area contributed by atoms with Crippen molar-refractivity contribution in [1.82, 2.24) is 4.98 Å². The Kier molecular flexibility index (Phi) is 3.20. The number of nitrogens with one attached hydrogen (secondary N) is 1. The molecule has 5 heteroatoms. The molecule has 1 aromatic carbocycles. The number of hydrogen-bond acceptors (Lipinski definition) is 4. The SMILES string of the molecule is COc1cc(OC)c2cc(C(=O)CC#N)[nH]c2c1. The van der Waals surface area contributed by atoms with Crippen molar-refractivity contribution in [3.8, 4) is 17.6 Å². The molecule has 0 aliphatic heterocycles. The maximum absolute atomic E-state index is 11.6. The number of ketones is 1. The molecule has 0 radical (unpaired) electrons. The number of nitrogens with zero attached hydrogens (tertiary/aromatic N) is 1. The Morgan fingerprint density at radius 2 is 2.11 bits per heavy atom. The summed E-state index contributed by atoms with van der Waals surface area (Å²) in [6.07, 6.45) is -0.147. The quantitative estimate of drug-likeness (QED) is 0.837. The Hall–Kier alpha value is -2.48. The molecule has 0 aliphatic carbocycles. The van der Waals surface area contributed by atoms with Crippen molar-refractivity contribution in [1.29, 1.82) is 5.26 Å². The average molecular weight is 244 g/mol. The first kappa shape index (κ1) is 12.0. The first-order chi connectivity index (χ1) is 8.69. The molecule has 0 unspecified atom stereocenters. The number of carbonyl (C=O) groups is 1. The average Bonchev–Trinajstić information content (AvgIpc) is 2.81. The van der Waals surface area contributed by atoms with E-state index in [0.717, 1.165) is 10.9 Å². The van der Waals surface area contributed by atoms with Crippen LogP contribution in [0.1, 0.15) is 16.9 Å². The maximum Gasteiger partial charge on any atom is 0.193 e. The van der Waals surface area contributed by atoms with Gasteiger partial charge in [0.15, 0.2) is 5.78 Å². The van der Waals surface area contributed by atoms with Gasteiger partial charge in [-0.15, -0.1) is 0 Å². The molecule has 0 amide bonds. The number of benzene rings is 1. The van der Waals surface area contributed by atoms with Crippen molar-refractivity contribution in [2.24, 2.45) is 0 Å². The second-order valence-electron chi connectivity index (χ2n) is 3.73. The minimum Gasteiger partial charge on any atom is -0.497 e. The van der Waals surface area contributed by atoms with Gasteiger partial charge in [0.2, 0.25) is 0 Å². The van der Waals surface area contributed by atoms with E-state index in [1.54, 1.807) is 32.4 Å². The first-order valence-electron chi connectivity index (χ1n) is 5.34. The Balaban J connectivity index is 2.56. The molecule has 0 bridgehead atoms. The summed E-state index contributed by atoms with van der Waals surface area (Å²) in [5, 5.41) is 9.32. The van der Waals surface area contributed by atoms with E-state index in [9.17, 15) is 4.79 Å². The van der Waals surface area contributed by atoms with Crippen LogP contribution in [-0.2, 0) is 0 Å². The number of aromatic nitrogens is 1. The predicted molar refractivity (Wildman–Crippen MR) is 66.0 cm³/mol. The summed E-state index contributed by atoms with van der Waals surface area (Å²) >= 11 is 0. The maximum atomic E-state index is 11.6. The Bertz CT molecular complexity index is 637. The molecule has 5 nitrogen and oxygen atoms in total. The van der Waals surface area contributed by atoms with Gasteiger partial charge in [-0.2, -0.15) is 5.26 Å². The van der Waals surface area contributed by atoms with E-state index < -0.39 is 0 Å². The molecular weight excluding hydrogens is 232 g/mol. The van der Waals surface area contributed by atoms with Crippen LogP contribution in [0, 0.1) is 11.3 Å². The fraction of sp³-hybridized carbons (Fsp3) is 0.231. The second kappa shape index (κ2) is 4.80. The van der Waals surface area contributed by atoms with Gasteiger partial charge in [-0.25, -0.2) is 0 Å². The van der Waals surface area contributed by atoms with Gasteiger partial charge in [-0.3, -0.25) is 4.79 Å². The van der Waals surface area contributed by atoms with Gasteiger partial charge in [0, 0.05) is 17.5 Å². The number of aromatic amines is 1. The van der Waals surface area contributed by atoms with Crippen LogP contribution in [0.3, 0.4) is 0 Å². The summed E-state index contributed by atoms with van der Waals surface area (Å²) in [6, 6.07) is 7.05. The zero-order chi connectivity index (χ0) is 13.1. The molecule has 2 rings (SSSR count). The van der Waals surface area contributed by atoms with E-state index >= 15 is 0 Å². The lowest BCUT2D eigenvalue weighted by Gasteiger charge is -2.04. The highest BCUT2D eigenvalue weighted by atomic mass is 16.5. The third kappa shape index (κ3) is 2.00. The van der Waals surface area contributed by atoms with Gasteiger partial charge in [0.05, 0.1) is 31.5 Å². The molecule has 1 heterocycles. The van der Waals surface area contributed by atoms with Crippen molar-refractivity contribution in [3.63, 3.8) is 0 Å². The second-order valence-corrected chi connectivity index (χ2v) is 3.73. The number of fused-ring (bicyclic) bond motifs is 1. The number of methoxy groups -OCH3 is 2. The topological polar surface area (TPSA) is 75.1 Å². The lowest BCUT2D eigenvalue weighted by Crippen LogP contribution is -1.96. The van der Waals surface area contributed by atoms with Gasteiger partial charge >= 0.3 is 0 Å². The number of carbonyl (C=O) groups excluding carboxylic acids is 1. The number of rotatable bonds is 4. The van der Waals surface area contributed by atoms with E-state index in [-0.39, 0.29) is 12.2 Å². The van der Waals surface area contributed by atoms with Gasteiger partial charge in [0.1, 0.15) is 17.9 Å². The lowest BCUT2D eigenvalue weighted by atomic mass is 10.2. The number of Topliss-reactive ketones (excluding diaryl/α,β-unsaturated/α-hetero) is 1. The largest absolute Gasteiger partial charge is 0.497 e. The molecule has 1 aromatic heterocycles. The first-order valence-corrected chi connectivity index (χ1v) is 5.34. The van der Waals surface area contributed by atoms with Gasteiger partial charge < -0.3 is 14.5 Å². The van der Waals surface area contributed by atoms with E-state index in [2.05, 4.69) is 4.98 Å². The molecule has 0 saturated carbocycles. The molecule has 92 valence electrons. The molecular formula is C13H12N2O3. The van der Waals surface area contributed by atoms with Gasteiger partial charge in [0.25, 0.3) is 0 Å². The van der Waals surface area contributed by atoms with Crippen molar-refractivity contribution in [2.75, 3.05) is 14.2 Å². The van der Waals surface area contributed by atoms with Crippen LogP contribution in [0.5, 0.6) is 11.5 Å². The Labute approximate surface area is 104 Å². The number of hydrogen-bond donors (Lipinski definition) is 1. The summed E-state index contributed by atoms with van der Waals surface area (Å²) in [5.41, 5.74) is 1.14. The summed E-state index contributed by atoms with van der Waals surface area (Å²) in [6.45, 7) is 0. The Morgan fingerprint density at radius 1 is 1.33 bits per heavy atom. The van der Waals surface area contributed by atoms with Crippen molar-refractivity contribution >= 4 is 16.7 Å². The summed E-state index contributed by atoms with van der Waals surface area (Å²) < 4.78 is 10.4. The standard InChI is InChI=1S/C13H12N2O3/c1-17-8-5-10-9(13(6-8)18-2)7-11(15-10)12(16)3-4-14/h5-7,15H,3H2,1-2H3. The normalized spacial score (nSPS) is 10.1. The predicted octanol–water partition coefficient (Wildman–Crippen LogP) is 2.28. The van der Waals surface area contributed by atoms with Crippen molar-refractivity contribution in [3.05, 3.63) is 23.9 Å². The van der Waals surface area contributed by atoms with Crippen LogP contribution in [-0.4, -0.2) is 25.0 Å². The van der Waals surface area contributed by atoms with Crippen LogP contribution in [0.25, 0.3) is 10.9 Å². The lowest BCUT2D eigenvalue weighted by molar-refractivity contribution is 0.0994. The van der Waals surface area contributed by atoms with Gasteiger partial charge in [-0.05, 0) is 6.07 Å². The summed E-state index contributed by atoms with van der Waals surface area (Å²) in [4.78, 5) is 14.6. The van der Waals surface area contributed by atoms with Crippen molar-refractivity contribution < 1.29 is 14.3 Å². The fourth-order valence-electron chi connectivity index (χ4n) is 1.78. The Morgan fingerprint density at radius 3 is 2.72 bits per heavy atom. The van der Waals surface area contributed by atoms with Crippen LogP contribution in [0.15, 0.2) is 18.2 Å². The molecule has 0 spiro atoms. The number of H-pyrrole nitrogens is 1. The monoisotopic (exact) mass is 244 g/mol. The summed E-state index contributed by atoms with van der Waals surface area (Å²) in [7, 11) is 3.11. The van der Waals surface area contributed by atoms with Crippen LogP contribution in [0.2, 0.25) is 0 Å². The molecule has 0 fully saturated rings. The zero-order valence-corrected chi connectivity index (χ0v) is 10.1. The van der Waals surface area contributed by atoms with Crippen LogP contribution >= 0.6 is 0 Å². The molecule has 2 aromatic rings. The smallest absolute Gasteiger partial charge is 0.193 e. The van der Waals surface area contributed by atoms with Crippen LogP contribution in [0.4, 0.5) is 0 Å². The number of nitriles is 1. The highest BCUT2D eigenvalue weighted by Crippen LogP contribution is 2.31. The minimum absolute atomic E-state index is 0.147. The molecule has 0 aliphatic rings. The fourth-order valence-corrected chi connectivity index (χ4v) is 1.78. The van der Waals surface area contributed by atoms with E-state index in [1.165, 1.54) is 0 Å². The summed E-state index contributed by atoms with van der Waals surface area (Å²) in [5.74, 6) is 1.02. The molecule has 0 atom stereocenters. The van der Waals surface area contributed by atoms with Crippen LogP contribution < -0.4 is 9.47 Å². The van der Waals surface area contributed by atoms with E-state index in [0.29, 0.717) is 17.2 Å². The minimum atomic E-state index is -0.241. The molecule has 1 N–H and O–H groups in total. The van der Waals surface area contributed by atoms with E-state index in [4.69, 9.17) is 14.7 Å². The highest BCUT2D eigenvalue weighted by Gasteiger charge is 2.13. The highest BCUT2D eigenvalue weighted by molar-refractivity contribution is 6.02. The third-order valence-electron chi connectivity index (χ3n) is 2.67. The van der Waals surface area contributed by atoms with Crippen molar-refractivity contribution in [2.45, 2.75) is 6.42 Å². The third-order valence-corrected chi connectivity index (χ3v) is 2.67. The molecule has 18 heavy (non-hydrogen) atoms. The molecule has 0 saturated heterocycles. The zero-order valence-electron chi connectivity index (χ0n) is 10.1. The van der Waals surface area contributed by atoms with Gasteiger partial charge in [-0.1, -0.05) is 0 Å².